The zero-order valence-corrected chi connectivity index (χ0v) is 10.9. The second kappa shape index (κ2) is 6.69. The average molecular weight is 298 g/mol. The maximum Gasteiger partial charge on any atom is 0.341 e. The topological polar surface area (TPSA) is 53.3 Å². The molecule has 1 heterocycles. The molecule has 0 unspecified atom stereocenters. The van der Waals surface area contributed by atoms with Crippen LogP contribution in [0, 0.1) is 0 Å². The van der Waals surface area contributed by atoms with Crippen molar-refractivity contribution in [2.45, 2.75) is 25.9 Å². The van der Waals surface area contributed by atoms with Crippen LogP contribution in [-0.4, -0.2) is 41.3 Å². The molecule has 114 valence electrons. The fraction of sp³-hybridized carbons (Fsp3) is 0.636. The molecule has 0 radical (unpaired) electrons. The third-order valence-electron chi connectivity index (χ3n) is 2.41. The molecule has 1 aromatic rings. The van der Waals surface area contributed by atoms with E-state index in [4.69, 9.17) is 4.74 Å². The summed E-state index contributed by atoms with van der Waals surface area (Å²) in [5, 5.41) is 3.77. The summed E-state index contributed by atoms with van der Waals surface area (Å²) in [5.74, 6) is -4.91. The molecule has 5 nitrogen and oxygen atoms in total. The number of esters is 1. The molecule has 0 saturated heterocycles. The standard InChI is InChI=1S/C11H14F4N2O3/c1-3-20-9(18)7-4-16-17(2)8(7)5-19-6-11(14,15)10(12)13/h4,10H,3,5-6H2,1-2H3. The lowest BCUT2D eigenvalue weighted by molar-refractivity contribution is -0.168. The maximum atomic E-state index is 12.7. The Morgan fingerprint density at radius 2 is 2.15 bits per heavy atom. The quantitative estimate of drug-likeness (QED) is 0.571. The monoisotopic (exact) mass is 298 g/mol. The van der Waals surface area contributed by atoms with Crippen molar-refractivity contribution in [3.8, 4) is 0 Å². The Bertz CT molecular complexity index is 463. The van der Waals surface area contributed by atoms with Gasteiger partial charge in [0, 0.05) is 7.05 Å². The molecule has 1 aromatic heterocycles. The van der Waals surface area contributed by atoms with Crippen LogP contribution in [0.5, 0.6) is 0 Å². The second-order valence-electron chi connectivity index (χ2n) is 3.90. The van der Waals surface area contributed by atoms with E-state index in [0.29, 0.717) is 0 Å². The number of aromatic nitrogens is 2. The molecule has 0 spiro atoms. The highest BCUT2D eigenvalue weighted by Crippen LogP contribution is 2.23. The summed E-state index contributed by atoms with van der Waals surface area (Å²) in [6, 6.07) is 0. The number of aryl methyl sites for hydroxylation is 1. The number of hydrogen-bond donors (Lipinski definition) is 0. The Kier molecular flexibility index (Phi) is 5.49. The van der Waals surface area contributed by atoms with Gasteiger partial charge >= 0.3 is 18.3 Å². The zero-order valence-electron chi connectivity index (χ0n) is 10.9. The van der Waals surface area contributed by atoms with Gasteiger partial charge in [0.15, 0.2) is 0 Å². The molecule has 0 aromatic carbocycles. The molecule has 0 N–H and O–H groups in total. The van der Waals surface area contributed by atoms with Crippen molar-refractivity contribution < 1.29 is 31.8 Å². The molecule has 0 atom stereocenters. The van der Waals surface area contributed by atoms with Crippen molar-refractivity contribution in [1.82, 2.24) is 9.78 Å². The first-order valence-corrected chi connectivity index (χ1v) is 5.71. The summed E-state index contributed by atoms with van der Waals surface area (Å²) in [5.41, 5.74) is 0.225. The van der Waals surface area contributed by atoms with Gasteiger partial charge in [-0.2, -0.15) is 13.9 Å². The Balaban J connectivity index is 2.69. The summed E-state index contributed by atoms with van der Waals surface area (Å²) in [4.78, 5) is 11.5. The van der Waals surface area contributed by atoms with Gasteiger partial charge in [-0.1, -0.05) is 0 Å². The van der Waals surface area contributed by atoms with Gasteiger partial charge in [-0.25, -0.2) is 13.6 Å². The molecule has 0 aliphatic heterocycles. The SMILES string of the molecule is CCOC(=O)c1cnn(C)c1COCC(F)(F)C(F)F. The molecule has 9 heteroatoms. The molecule has 0 fully saturated rings. The molecule has 0 aliphatic rings. The number of alkyl halides is 4. The van der Waals surface area contributed by atoms with E-state index in [1.165, 1.54) is 17.9 Å². The maximum absolute atomic E-state index is 12.7. The summed E-state index contributed by atoms with van der Waals surface area (Å²) >= 11 is 0. The molecule has 0 amide bonds. The number of halogens is 4. The van der Waals surface area contributed by atoms with Crippen LogP contribution in [0.25, 0.3) is 0 Å². The fourth-order valence-corrected chi connectivity index (χ4v) is 1.36. The van der Waals surface area contributed by atoms with Gasteiger partial charge in [-0.05, 0) is 6.92 Å². The van der Waals surface area contributed by atoms with Crippen molar-refractivity contribution in [3.63, 3.8) is 0 Å². The minimum atomic E-state index is -4.23. The lowest BCUT2D eigenvalue weighted by Crippen LogP contribution is -2.32. The summed E-state index contributed by atoms with van der Waals surface area (Å²) in [6.45, 7) is -0.157. The van der Waals surface area contributed by atoms with Gasteiger partial charge in [0.2, 0.25) is 0 Å². The summed E-state index contributed by atoms with van der Waals surface area (Å²) < 4.78 is 59.8. The highest BCUT2D eigenvalue weighted by molar-refractivity contribution is 5.90. The van der Waals surface area contributed by atoms with Gasteiger partial charge in [-0.15, -0.1) is 0 Å². The predicted octanol–water partition coefficient (Wildman–Crippen LogP) is 2.01. The average Bonchev–Trinajstić information content (AvgIpc) is 2.71. The molecule has 20 heavy (non-hydrogen) atoms. The van der Waals surface area contributed by atoms with Crippen LogP contribution in [0.2, 0.25) is 0 Å². The van der Waals surface area contributed by atoms with E-state index < -0.39 is 31.5 Å². The fourth-order valence-electron chi connectivity index (χ4n) is 1.36. The van der Waals surface area contributed by atoms with Crippen LogP contribution in [0.1, 0.15) is 23.0 Å². The summed E-state index contributed by atoms with van der Waals surface area (Å²) in [6.07, 6.45) is -2.61. The van der Waals surface area contributed by atoms with Crippen LogP contribution >= 0.6 is 0 Å². The van der Waals surface area contributed by atoms with Crippen molar-refractivity contribution in [3.05, 3.63) is 17.5 Å². The second-order valence-corrected chi connectivity index (χ2v) is 3.90. The molecule has 0 aliphatic carbocycles. The van der Waals surface area contributed by atoms with Gasteiger partial charge in [0.1, 0.15) is 12.2 Å². The van der Waals surface area contributed by atoms with E-state index in [1.54, 1.807) is 6.92 Å². The first-order valence-electron chi connectivity index (χ1n) is 5.71. The minimum absolute atomic E-state index is 0.0507. The van der Waals surface area contributed by atoms with E-state index in [0.717, 1.165) is 0 Å². The number of rotatable bonds is 7. The molecule has 0 bridgehead atoms. The number of carbonyl (C=O) groups is 1. The smallest absolute Gasteiger partial charge is 0.341 e. The van der Waals surface area contributed by atoms with Crippen molar-refractivity contribution in [2.24, 2.45) is 7.05 Å². The van der Waals surface area contributed by atoms with Crippen LogP contribution < -0.4 is 0 Å². The number of ether oxygens (including phenoxy) is 2. The van der Waals surface area contributed by atoms with Crippen molar-refractivity contribution in [2.75, 3.05) is 13.2 Å². The van der Waals surface area contributed by atoms with Crippen LogP contribution in [0.15, 0.2) is 6.20 Å². The minimum Gasteiger partial charge on any atom is -0.462 e. The van der Waals surface area contributed by atoms with Crippen LogP contribution in [0.3, 0.4) is 0 Å². The van der Waals surface area contributed by atoms with E-state index in [9.17, 15) is 22.4 Å². The van der Waals surface area contributed by atoms with E-state index >= 15 is 0 Å². The molecular weight excluding hydrogens is 284 g/mol. The lowest BCUT2D eigenvalue weighted by Gasteiger charge is -2.15. The van der Waals surface area contributed by atoms with Crippen LogP contribution in [0.4, 0.5) is 17.6 Å². The zero-order chi connectivity index (χ0) is 15.3. The van der Waals surface area contributed by atoms with E-state index in [1.807, 2.05) is 0 Å². The third kappa shape index (κ3) is 3.92. The predicted molar refractivity (Wildman–Crippen MR) is 59.8 cm³/mol. The Hall–Kier alpha value is -1.64. The summed E-state index contributed by atoms with van der Waals surface area (Å²) in [7, 11) is 1.46. The van der Waals surface area contributed by atoms with Gasteiger partial charge < -0.3 is 9.47 Å². The number of carbonyl (C=O) groups excluding carboxylic acids is 1. The first-order chi connectivity index (χ1) is 9.29. The number of hydrogen-bond acceptors (Lipinski definition) is 4. The third-order valence-corrected chi connectivity index (χ3v) is 2.41. The Morgan fingerprint density at radius 3 is 2.70 bits per heavy atom. The van der Waals surface area contributed by atoms with Gasteiger partial charge in [0.05, 0.1) is 25.1 Å². The Labute approximate surface area is 112 Å². The van der Waals surface area contributed by atoms with Gasteiger partial charge in [0.25, 0.3) is 0 Å². The highest BCUT2D eigenvalue weighted by atomic mass is 19.3. The molecule has 1 rings (SSSR count). The molecule has 0 saturated carbocycles. The van der Waals surface area contributed by atoms with E-state index in [-0.39, 0.29) is 17.9 Å². The van der Waals surface area contributed by atoms with E-state index in [2.05, 4.69) is 9.84 Å². The van der Waals surface area contributed by atoms with Gasteiger partial charge in [-0.3, -0.25) is 4.68 Å². The molecular formula is C11H14F4N2O3. The van der Waals surface area contributed by atoms with Crippen LogP contribution in [-0.2, 0) is 23.1 Å². The Morgan fingerprint density at radius 1 is 1.50 bits per heavy atom. The number of nitrogens with zero attached hydrogens (tertiary/aromatic N) is 2. The largest absolute Gasteiger partial charge is 0.462 e. The lowest BCUT2D eigenvalue weighted by atomic mass is 10.2. The normalized spacial score (nSPS) is 11.9. The van der Waals surface area contributed by atoms with Crippen molar-refractivity contribution >= 4 is 5.97 Å². The first kappa shape index (κ1) is 16.4. The van der Waals surface area contributed by atoms with Crippen molar-refractivity contribution in [1.29, 1.82) is 0 Å². The highest BCUT2D eigenvalue weighted by Gasteiger charge is 2.41.